The molecule has 4 N–H and O–H groups in total. The normalized spacial score (nSPS) is 12.9. The second-order valence-corrected chi connectivity index (χ2v) is 3.90. The van der Waals surface area contributed by atoms with Crippen LogP contribution in [0.5, 0.6) is 0 Å². The van der Waals surface area contributed by atoms with Crippen molar-refractivity contribution in [2.75, 3.05) is 6.54 Å². The molecular formula is C10H20N4O. The standard InChI is InChI=1S/C10H20N4O/c1-2-3-8(6-7-11)4-5-9-12-10(15)14-13-9/h8H,2-7,11H2,1H3,(H2,12,13,14,15). The Morgan fingerprint density at radius 3 is 2.73 bits per heavy atom. The first-order valence-electron chi connectivity index (χ1n) is 5.59. The van der Waals surface area contributed by atoms with Crippen molar-refractivity contribution >= 4 is 0 Å². The van der Waals surface area contributed by atoms with Crippen LogP contribution in [0.25, 0.3) is 0 Å². The summed E-state index contributed by atoms with van der Waals surface area (Å²) < 4.78 is 0. The smallest absolute Gasteiger partial charge is 0.330 e. The van der Waals surface area contributed by atoms with Crippen molar-refractivity contribution in [3.05, 3.63) is 16.3 Å². The number of nitrogens with two attached hydrogens (primary N) is 1. The Balaban J connectivity index is 2.35. The number of nitrogens with one attached hydrogen (secondary N) is 2. The maximum Gasteiger partial charge on any atom is 0.340 e. The van der Waals surface area contributed by atoms with Gasteiger partial charge in [-0.1, -0.05) is 19.8 Å². The molecule has 5 nitrogen and oxygen atoms in total. The zero-order valence-corrected chi connectivity index (χ0v) is 9.25. The third-order valence-electron chi connectivity index (χ3n) is 2.61. The summed E-state index contributed by atoms with van der Waals surface area (Å²) in [7, 11) is 0. The third kappa shape index (κ3) is 4.29. The van der Waals surface area contributed by atoms with Crippen molar-refractivity contribution < 1.29 is 0 Å². The Labute approximate surface area is 89.5 Å². The highest BCUT2D eigenvalue weighted by Gasteiger charge is 2.08. The van der Waals surface area contributed by atoms with Gasteiger partial charge in [-0.25, -0.2) is 9.89 Å². The second kappa shape index (κ2) is 6.40. The highest BCUT2D eigenvalue weighted by molar-refractivity contribution is 4.81. The largest absolute Gasteiger partial charge is 0.340 e. The molecule has 0 aliphatic carbocycles. The van der Waals surface area contributed by atoms with Gasteiger partial charge < -0.3 is 5.73 Å². The molecule has 1 heterocycles. The summed E-state index contributed by atoms with van der Waals surface area (Å²) in [5.74, 6) is 1.40. The first-order valence-corrected chi connectivity index (χ1v) is 5.59. The van der Waals surface area contributed by atoms with E-state index >= 15 is 0 Å². The fourth-order valence-corrected chi connectivity index (χ4v) is 1.84. The minimum atomic E-state index is -0.226. The molecule has 1 rings (SSSR count). The van der Waals surface area contributed by atoms with Crippen LogP contribution in [-0.2, 0) is 6.42 Å². The molecule has 0 saturated carbocycles. The van der Waals surface area contributed by atoms with E-state index in [0.29, 0.717) is 5.92 Å². The monoisotopic (exact) mass is 212 g/mol. The van der Waals surface area contributed by atoms with Crippen LogP contribution >= 0.6 is 0 Å². The molecule has 0 aliphatic rings. The van der Waals surface area contributed by atoms with Crippen molar-refractivity contribution in [2.24, 2.45) is 11.7 Å². The first kappa shape index (κ1) is 12.0. The van der Waals surface area contributed by atoms with E-state index in [0.717, 1.165) is 31.6 Å². The highest BCUT2D eigenvalue weighted by Crippen LogP contribution is 2.16. The number of hydrogen-bond acceptors (Lipinski definition) is 3. The molecular weight excluding hydrogens is 192 g/mol. The molecule has 1 aromatic heterocycles. The molecule has 0 radical (unpaired) electrons. The van der Waals surface area contributed by atoms with E-state index in [4.69, 9.17) is 5.73 Å². The molecule has 0 spiro atoms. The molecule has 86 valence electrons. The average Bonchev–Trinajstić information content (AvgIpc) is 2.61. The van der Waals surface area contributed by atoms with E-state index in [9.17, 15) is 4.79 Å². The van der Waals surface area contributed by atoms with Gasteiger partial charge in [0.2, 0.25) is 0 Å². The van der Waals surface area contributed by atoms with Gasteiger partial charge in [-0.3, -0.25) is 4.98 Å². The third-order valence-corrected chi connectivity index (χ3v) is 2.61. The van der Waals surface area contributed by atoms with Crippen LogP contribution in [0.4, 0.5) is 0 Å². The molecule has 0 aromatic carbocycles. The Hall–Kier alpha value is -1.10. The fraction of sp³-hybridized carbons (Fsp3) is 0.800. The van der Waals surface area contributed by atoms with Gasteiger partial charge in [0.1, 0.15) is 5.82 Å². The van der Waals surface area contributed by atoms with Crippen molar-refractivity contribution in [3.63, 3.8) is 0 Å². The summed E-state index contributed by atoms with van der Waals surface area (Å²) in [6.45, 7) is 2.92. The summed E-state index contributed by atoms with van der Waals surface area (Å²) in [6.07, 6.45) is 5.31. The summed E-state index contributed by atoms with van der Waals surface area (Å²) in [5, 5.41) is 6.25. The number of hydrogen-bond donors (Lipinski definition) is 3. The lowest BCUT2D eigenvalue weighted by atomic mass is 9.94. The molecule has 0 saturated heterocycles. The minimum absolute atomic E-state index is 0.226. The topological polar surface area (TPSA) is 87.6 Å². The van der Waals surface area contributed by atoms with Crippen LogP contribution in [0.3, 0.4) is 0 Å². The van der Waals surface area contributed by atoms with Gasteiger partial charge in [-0.2, -0.15) is 5.10 Å². The molecule has 0 bridgehead atoms. The molecule has 0 aliphatic heterocycles. The number of aromatic amines is 2. The van der Waals surface area contributed by atoms with Gasteiger partial charge in [0.05, 0.1) is 0 Å². The Morgan fingerprint density at radius 2 is 2.20 bits per heavy atom. The second-order valence-electron chi connectivity index (χ2n) is 3.90. The molecule has 5 heteroatoms. The maximum atomic E-state index is 10.8. The Bertz CT molecular complexity index is 311. The zero-order chi connectivity index (χ0) is 11.1. The van der Waals surface area contributed by atoms with E-state index in [-0.39, 0.29) is 5.69 Å². The van der Waals surface area contributed by atoms with E-state index in [1.54, 1.807) is 0 Å². The lowest BCUT2D eigenvalue weighted by molar-refractivity contribution is 0.417. The lowest BCUT2D eigenvalue weighted by Gasteiger charge is -2.13. The van der Waals surface area contributed by atoms with Crippen molar-refractivity contribution in [2.45, 2.75) is 39.0 Å². The predicted molar refractivity (Wildman–Crippen MR) is 59.6 cm³/mol. The van der Waals surface area contributed by atoms with Gasteiger partial charge in [0.15, 0.2) is 0 Å². The lowest BCUT2D eigenvalue weighted by Crippen LogP contribution is -2.10. The van der Waals surface area contributed by atoms with Crippen LogP contribution in [0.2, 0.25) is 0 Å². The van der Waals surface area contributed by atoms with E-state index in [1.807, 2.05) is 0 Å². The van der Waals surface area contributed by atoms with Crippen molar-refractivity contribution in [1.82, 2.24) is 15.2 Å². The number of H-pyrrole nitrogens is 2. The molecule has 0 amide bonds. The molecule has 0 fully saturated rings. The molecule has 1 atom stereocenters. The fourth-order valence-electron chi connectivity index (χ4n) is 1.84. The van der Waals surface area contributed by atoms with Gasteiger partial charge in [-0.05, 0) is 25.3 Å². The zero-order valence-electron chi connectivity index (χ0n) is 9.25. The van der Waals surface area contributed by atoms with Gasteiger partial charge >= 0.3 is 5.69 Å². The molecule has 1 unspecified atom stereocenters. The van der Waals surface area contributed by atoms with Crippen LogP contribution in [0.15, 0.2) is 4.79 Å². The van der Waals surface area contributed by atoms with Gasteiger partial charge in [0.25, 0.3) is 0 Å². The molecule has 15 heavy (non-hydrogen) atoms. The SMILES string of the molecule is CCCC(CCN)CCc1n[nH]c(=O)[nH]1. The predicted octanol–water partition coefficient (Wildman–Crippen LogP) is 0.796. The summed E-state index contributed by atoms with van der Waals surface area (Å²) in [4.78, 5) is 13.5. The number of nitrogens with zero attached hydrogens (tertiary/aromatic N) is 1. The summed E-state index contributed by atoms with van der Waals surface area (Å²) >= 11 is 0. The van der Waals surface area contributed by atoms with Crippen molar-refractivity contribution in [3.8, 4) is 0 Å². The van der Waals surface area contributed by atoms with Crippen LogP contribution in [0, 0.1) is 5.92 Å². The minimum Gasteiger partial charge on any atom is -0.330 e. The van der Waals surface area contributed by atoms with E-state index in [2.05, 4.69) is 22.1 Å². The average molecular weight is 212 g/mol. The van der Waals surface area contributed by atoms with Crippen molar-refractivity contribution in [1.29, 1.82) is 0 Å². The summed E-state index contributed by atoms with van der Waals surface area (Å²) in [5.41, 5.74) is 5.33. The highest BCUT2D eigenvalue weighted by atomic mass is 16.1. The quantitative estimate of drug-likeness (QED) is 0.624. The van der Waals surface area contributed by atoms with Gasteiger partial charge in [-0.15, -0.1) is 0 Å². The van der Waals surface area contributed by atoms with Gasteiger partial charge in [0, 0.05) is 6.42 Å². The number of aromatic nitrogens is 3. The number of rotatable bonds is 7. The van der Waals surface area contributed by atoms with Crippen LogP contribution in [0.1, 0.15) is 38.4 Å². The number of aryl methyl sites for hydroxylation is 1. The van der Waals surface area contributed by atoms with Crippen LogP contribution < -0.4 is 11.4 Å². The molecule has 1 aromatic rings. The Morgan fingerprint density at radius 1 is 1.40 bits per heavy atom. The Kier molecular flexibility index (Phi) is 5.10. The summed E-state index contributed by atoms with van der Waals surface area (Å²) in [6, 6.07) is 0. The maximum absolute atomic E-state index is 10.8. The van der Waals surface area contributed by atoms with Crippen LogP contribution in [-0.4, -0.2) is 21.7 Å². The van der Waals surface area contributed by atoms with E-state index in [1.165, 1.54) is 12.8 Å². The first-order chi connectivity index (χ1) is 7.26. The van der Waals surface area contributed by atoms with E-state index < -0.39 is 0 Å².